The lowest BCUT2D eigenvalue weighted by Crippen LogP contribution is -2.44. The molecule has 0 spiro atoms. The van der Waals surface area contributed by atoms with Crippen molar-refractivity contribution in [2.45, 2.75) is 30.5 Å². The first-order valence-electron chi connectivity index (χ1n) is 9.57. The summed E-state index contributed by atoms with van der Waals surface area (Å²) in [5.41, 5.74) is 1.51. The fourth-order valence-corrected chi connectivity index (χ4v) is 4.79. The van der Waals surface area contributed by atoms with Crippen LogP contribution in [0.3, 0.4) is 0 Å². The highest BCUT2D eigenvalue weighted by atomic mass is 35.5. The normalized spacial score (nSPS) is 18.9. The third-order valence-corrected chi connectivity index (χ3v) is 6.41. The van der Waals surface area contributed by atoms with Crippen LogP contribution in [0.2, 0.25) is 0 Å². The molecule has 2 N–H and O–H groups in total. The molecule has 2 aromatic carbocycles. The van der Waals surface area contributed by atoms with Gasteiger partial charge >= 0.3 is 0 Å². The predicted molar refractivity (Wildman–Crippen MR) is 119 cm³/mol. The second-order valence-corrected chi connectivity index (χ2v) is 8.89. The van der Waals surface area contributed by atoms with Gasteiger partial charge in [-0.15, -0.1) is 12.4 Å². The van der Waals surface area contributed by atoms with Gasteiger partial charge in [-0.3, -0.25) is 4.72 Å². The highest BCUT2D eigenvalue weighted by Crippen LogP contribution is 2.34. The van der Waals surface area contributed by atoms with E-state index in [2.05, 4.69) is 10.0 Å². The standard InChI is InChI=1S/C21H23FN2O5S.ClH/c1-13-3-4-18(27-2)20(9-13)30(25,26)24-15-10-14-6-8-28-21(14)19(11-15)29-17-5-7-23-12-16(17)22;/h3-4,6,8-11,16-17,23-24H,5,7,12H2,1-2H3;1H/t16-,17-;/m1./s1. The molecule has 0 radical (unpaired) electrons. The molecule has 3 aromatic rings. The second-order valence-electron chi connectivity index (χ2n) is 7.24. The number of hydrogen-bond donors (Lipinski definition) is 2. The zero-order valence-corrected chi connectivity index (χ0v) is 18.7. The van der Waals surface area contributed by atoms with Gasteiger partial charge in [-0.05, 0) is 49.7 Å². The predicted octanol–water partition coefficient (Wildman–Crippen LogP) is 4.05. The molecule has 0 bridgehead atoms. The lowest BCUT2D eigenvalue weighted by Gasteiger charge is -2.27. The van der Waals surface area contributed by atoms with Crippen LogP contribution in [-0.2, 0) is 10.0 Å². The zero-order chi connectivity index (χ0) is 21.3. The number of benzene rings is 2. The number of rotatable bonds is 6. The van der Waals surface area contributed by atoms with Crippen LogP contribution in [-0.4, -0.2) is 40.9 Å². The molecule has 1 aliphatic heterocycles. The fourth-order valence-electron chi connectivity index (χ4n) is 3.49. The van der Waals surface area contributed by atoms with Gasteiger partial charge in [-0.25, -0.2) is 12.8 Å². The van der Waals surface area contributed by atoms with E-state index in [4.69, 9.17) is 13.9 Å². The molecule has 2 heterocycles. The SMILES string of the molecule is COc1ccc(C)cc1S(=O)(=O)Nc1cc(O[C@@H]2CCNC[C@H]2F)c2occc2c1.Cl. The van der Waals surface area contributed by atoms with E-state index in [0.717, 1.165) is 5.56 Å². The number of methoxy groups -OCH3 is 1. The quantitative estimate of drug-likeness (QED) is 0.565. The monoisotopic (exact) mass is 470 g/mol. The van der Waals surface area contributed by atoms with Crippen LogP contribution in [0.25, 0.3) is 11.0 Å². The molecule has 0 unspecified atom stereocenters. The first-order chi connectivity index (χ1) is 14.4. The Labute approximate surface area is 186 Å². The second kappa shape index (κ2) is 9.33. The van der Waals surface area contributed by atoms with E-state index in [-0.39, 0.29) is 35.3 Å². The number of piperidine rings is 1. The topological polar surface area (TPSA) is 89.8 Å². The molecule has 1 aromatic heterocycles. The van der Waals surface area contributed by atoms with Gasteiger partial charge in [0, 0.05) is 18.0 Å². The Hall–Kier alpha value is -2.49. The summed E-state index contributed by atoms with van der Waals surface area (Å²) in [5.74, 6) is 0.532. The molecule has 4 rings (SSSR count). The van der Waals surface area contributed by atoms with E-state index in [9.17, 15) is 12.8 Å². The molecule has 7 nitrogen and oxygen atoms in total. The summed E-state index contributed by atoms with van der Waals surface area (Å²) in [6.45, 7) is 2.66. The van der Waals surface area contributed by atoms with Gasteiger partial charge in [-0.2, -0.15) is 0 Å². The first-order valence-corrected chi connectivity index (χ1v) is 11.1. The summed E-state index contributed by atoms with van der Waals surface area (Å²) in [6, 6.07) is 9.77. The smallest absolute Gasteiger partial charge is 0.265 e. The number of hydrogen-bond acceptors (Lipinski definition) is 6. The van der Waals surface area contributed by atoms with Crippen molar-refractivity contribution in [2.24, 2.45) is 0 Å². The summed E-state index contributed by atoms with van der Waals surface area (Å²) in [7, 11) is -2.52. The van der Waals surface area contributed by atoms with Gasteiger partial charge in [0.2, 0.25) is 0 Å². The summed E-state index contributed by atoms with van der Waals surface area (Å²) >= 11 is 0. The Balaban J connectivity index is 0.00000272. The summed E-state index contributed by atoms with van der Waals surface area (Å²) < 4.78 is 59.5. The lowest BCUT2D eigenvalue weighted by atomic mass is 10.1. The lowest BCUT2D eigenvalue weighted by molar-refractivity contribution is 0.0736. The first kappa shape index (κ1) is 23.2. The average molecular weight is 471 g/mol. The maximum atomic E-state index is 14.2. The van der Waals surface area contributed by atoms with Gasteiger partial charge in [-0.1, -0.05) is 6.07 Å². The maximum Gasteiger partial charge on any atom is 0.265 e. The van der Waals surface area contributed by atoms with Crippen molar-refractivity contribution in [1.29, 1.82) is 0 Å². The maximum absolute atomic E-state index is 14.2. The number of anilines is 1. The van der Waals surface area contributed by atoms with Crippen LogP contribution in [0.1, 0.15) is 12.0 Å². The van der Waals surface area contributed by atoms with Gasteiger partial charge in [0.1, 0.15) is 22.9 Å². The molecule has 31 heavy (non-hydrogen) atoms. The fraction of sp³-hybridized carbons (Fsp3) is 0.333. The van der Waals surface area contributed by atoms with Crippen LogP contribution in [0, 0.1) is 6.92 Å². The number of ether oxygens (including phenoxy) is 2. The number of alkyl halides is 1. The van der Waals surface area contributed by atoms with Crippen LogP contribution in [0.4, 0.5) is 10.1 Å². The number of sulfonamides is 1. The molecule has 1 aliphatic rings. The molecule has 0 saturated carbocycles. The number of nitrogens with one attached hydrogen (secondary N) is 2. The minimum Gasteiger partial charge on any atom is -0.495 e. The van der Waals surface area contributed by atoms with Crippen LogP contribution in [0.15, 0.2) is 52.0 Å². The van der Waals surface area contributed by atoms with Crippen LogP contribution >= 0.6 is 12.4 Å². The molecule has 10 heteroatoms. The van der Waals surface area contributed by atoms with E-state index in [1.807, 2.05) is 0 Å². The molecule has 168 valence electrons. The Morgan fingerprint density at radius 3 is 2.74 bits per heavy atom. The van der Waals surface area contributed by atoms with Gasteiger partial charge in [0.05, 0.1) is 19.1 Å². The molecular formula is C21H24ClFN2O5S. The van der Waals surface area contributed by atoms with Crippen molar-refractivity contribution in [3.05, 3.63) is 48.2 Å². The van der Waals surface area contributed by atoms with Crippen LogP contribution < -0.4 is 19.5 Å². The molecular weight excluding hydrogens is 447 g/mol. The number of halogens is 2. The Morgan fingerprint density at radius 1 is 1.19 bits per heavy atom. The molecule has 1 fully saturated rings. The van der Waals surface area contributed by atoms with E-state index in [1.165, 1.54) is 25.5 Å². The van der Waals surface area contributed by atoms with Gasteiger partial charge in [0.25, 0.3) is 10.0 Å². The molecule has 0 aliphatic carbocycles. The van der Waals surface area contributed by atoms with E-state index in [0.29, 0.717) is 29.7 Å². The van der Waals surface area contributed by atoms with E-state index in [1.54, 1.807) is 31.2 Å². The highest BCUT2D eigenvalue weighted by Gasteiger charge is 2.28. The van der Waals surface area contributed by atoms with Crippen molar-refractivity contribution in [3.63, 3.8) is 0 Å². The average Bonchev–Trinajstić information content (AvgIpc) is 3.18. The Bertz CT molecular complexity index is 1170. The number of furan rings is 1. The molecule has 1 saturated heterocycles. The molecule has 0 amide bonds. The summed E-state index contributed by atoms with van der Waals surface area (Å²) in [4.78, 5) is 0.0296. The third kappa shape index (κ3) is 4.89. The zero-order valence-electron chi connectivity index (χ0n) is 17.1. The van der Waals surface area contributed by atoms with E-state index < -0.39 is 22.3 Å². The highest BCUT2D eigenvalue weighted by molar-refractivity contribution is 7.92. The molecule has 2 atom stereocenters. The van der Waals surface area contributed by atoms with Crippen molar-refractivity contribution < 1.29 is 26.7 Å². The number of fused-ring (bicyclic) bond motifs is 1. The van der Waals surface area contributed by atoms with Gasteiger partial charge < -0.3 is 19.2 Å². The van der Waals surface area contributed by atoms with Crippen molar-refractivity contribution >= 4 is 39.1 Å². The van der Waals surface area contributed by atoms with Gasteiger partial charge in [0.15, 0.2) is 11.3 Å². The van der Waals surface area contributed by atoms with E-state index >= 15 is 0 Å². The van der Waals surface area contributed by atoms with Crippen molar-refractivity contribution in [2.75, 3.05) is 24.9 Å². The minimum absolute atomic E-state index is 0. The Kier molecular flexibility index (Phi) is 6.98. The largest absolute Gasteiger partial charge is 0.495 e. The summed E-state index contributed by atoms with van der Waals surface area (Å²) in [5, 5.41) is 3.62. The third-order valence-electron chi connectivity index (χ3n) is 5.00. The van der Waals surface area contributed by atoms with Crippen LogP contribution in [0.5, 0.6) is 11.5 Å². The van der Waals surface area contributed by atoms with Crippen molar-refractivity contribution in [3.8, 4) is 11.5 Å². The Morgan fingerprint density at radius 2 is 2.00 bits per heavy atom. The minimum atomic E-state index is -3.94. The summed E-state index contributed by atoms with van der Waals surface area (Å²) in [6.07, 6.45) is 0.179. The number of aryl methyl sites for hydroxylation is 1. The van der Waals surface area contributed by atoms with Crippen molar-refractivity contribution in [1.82, 2.24) is 5.32 Å².